The highest BCUT2D eigenvalue weighted by Crippen LogP contribution is 2.48. The van der Waals surface area contributed by atoms with Crippen LogP contribution >= 0.6 is 0 Å². The number of carboxylic acids is 1. The normalized spacial score (nSPS) is 25.2. The molecule has 4 saturated carbocycles. The van der Waals surface area contributed by atoms with E-state index in [9.17, 15) is 43.5 Å². The number of amides is 7. The van der Waals surface area contributed by atoms with Gasteiger partial charge in [-0.25, -0.2) is 14.4 Å². The fourth-order valence-corrected chi connectivity index (χ4v) is 17.2. The van der Waals surface area contributed by atoms with Crippen molar-refractivity contribution in [3.63, 3.8) is 0 Å². The van der Waals surface area contributed by atoms with E-state index in [4.69, 9.17) is 35.6 Å². The second-order valence-electron chi connectivity index (χ2n) is 32.2. The Balaban J connectivity index is 0.000000185. The number of allylic oxidation sites excluding steroid dienone is 2. The summed E-state index contributed by atoms with van der Waals surface area (Å²) in [6.45, 7) is 1.41. The number of alkyl carbamates (subject to hydrolysis) is 2. The van der Waals surface area contributed by atoms with Gasteiger partial charge in [0, 0.05) is 66.6 Å². The Bertz CT molecular complexity index is 4640. The third-order valence-electron chi connectivity index (χ3n) is 24.0. The first-order valence-electron chi connectivity index (χ1n) is 42.1. The molecule has 7 amide bonds. The third-order valence-corrected chi connectivity index (χ3v) is 24.0. The summed E-state index contributed by atoms with van der Waals surface area (Å²) in [5, 5.41) is 44.9. The maximum Gasteiger partial charge on any atom is 0.408 e. The lowest BCUT2D eigenvalue weighted by Gasteiger charge is -2.30. The van der Waals surface area contributed by atoms with Gasteiger partial charge < -0.3 is 56.7 Å². The summed E-state index contributed by atoms with van der Waals surface area (Å²) in [6.07, 6.45) is 23.7. The first kappa shape index (κ1) is 84.3. The molecule has 8 aromatic rings. The van der Waals surface area contributed by atoms with E-state index in [1.54, 1.807) is 14.5 Å². The highest BCUT2D eigenvalue weighted by atomic mass is 16.6. The molecular weight excluding hydrogens is 1490 g/mol. The lowest BCUT2D eigenvalue weighted by molar-refractivity contribution is -0.145. The number of hydrogen-bond acceptors (Lipinski definition) is 15. The monoisotopic (exact) mass is 1600 g/mol. The van der Waals surface area contributed by atoms with Crippen LogP contribution in [-0.2, 0) is 51.1 Å². The minimum Gasteiger partial charge on any atom is -0.479 e. The standard InChI is InChI=1S/C46H53N7O5.C38H44N6O6.C8H11N.CH4/c54-42-39-29-36(53-50-40(33-19-9-5-10-20-33)41(51-53)34-21-11-6-12-22-34)31-52(39)43(55)38(48-45(57)58-37-24-15-16-25-37)26-14-3-1-2-13-23-35-30-46(35,49-42)44(56)47-28-27-32-17-7-4-8-18-32;45-34-31-22-28(44-41-32(25-14-6-4-7-15-25)33(42-44)26-16-8-5-9-17-26)24-43(31)35(46)30(39-37(49)50-29-19-12-13-20-29)21-11-3-1-2-10-18-27-23-38(27,40-34)36(47)48;9-7-6-8-4-2-1-3-5-8;/h4-13,17-23,35-39H,1-3,14-16,24-31H2,(H,47,56)(H,48,57)(H,49,54);4-10,14-18,27-31H,1-3,11-13,19-24H2,(H,39,49)(H,40,45)(H,47,48);1-5H,6-7,9H2;1H4/b23-13-;18-10-;;/t35?,36-,38+,39+,46-;27?,28-,30+,31+,38-;;/m11../s1. The summed E-state index contributed by atoms with van der Waals surface area (Å²) in [7, 11) is 0. The zero-order chi connectivity index (χ0) is 81.1. The molecule has 0 bridgehead atoms. The summed E-state index contributed by atoms with van der Waals surface area (Å²) in [6, 6.07) is 54.6. The minimum atomic E-state index is -1.42. The zero-order valence-corrected chi connectivity index (χ0v) is 66.4. The van der Waals surface area contributed by atoms with Gasteiger partial charge in [0.2, 0.25) is 29.5 Å². The maximum absolute atomic E-state index is 14.8. The van der Waals surface area contributed by atoms with Crippen molar-refractivity contribution in [2.75, 3.05) is 26.2 Å². The van der Waals surface area contributed by atoms with Gasteiger partial charge in [-0.05, 0) is 133 Å². The van der Waals surface area contributed by atoms with Gasteiger partial charge in [0.05, 0.1) is 12.1 Å². The van der Waals surface area contributed by atoms with E-state index in [1.807, 2.05) is 182 Å². The average Bonchev–Trinajstić information content (AvgIpc) is 1.46. The van der Waals surface area contributed by atoms with Crippen molar-refractivity contribution < 1.29 is 52.9 Å². The second-order valence-corrected chi connectivity index (χ2v) is 32.2. The fourth-order valence-electron chi connectivity index (χ4n) is 17.2. The number of carboxylic acid groups (broad SMARTS) is 1. The van der Waals surface area contributed by atoms with Gasteiger partial charge in [0.1, 0.15) is 70.2 Å². The van der Waals surface area contributed by atoms with Gasteiger partial charge in [-0.15, -0.1) is 0 Å². The first-order valence-corrected chi connectivity index (χ1v) is 42.1. The first-order chi connectivity index (χ1) is 57.1. The maximum atomic E-state index is 14.8. The van der Waals surface area contributed by atoms with Crippen LogP contribution in [0.2, 0.25) is 0 Å². The van der Waals surface area contributed by atoms with Crippen LogP contribution in [0.5, 0.6) is 0 Å². The van der Waals surface area contributed by atoms with E-state index in [1.165, 1.54) is 10.5 Å². The van der Waals surface area contributed by atoms with E-state index in [0.717, 1.165) is 131 Å². The molecule has 2 saturated heterocycles. The number of carbonyl (C=O) groups excluding carboxylic acids is 7. The van der Waals surface area contributed by atoms with Crippen molar-refractivity contribution >= 4 is 47.7 Å². The Morgan fingerprint density at radius 1 is 0.458 bits per heavy atom. The molecular formula is C93H112N14O11. The van der Waals surface area contributed by atoms with E-state index in [0.29, 0.717) is 67.8 Å². The number of carbonyl (C=O) groups is 8. The Morgan fingerprint density at radius 3 is 1.19 bits per heavy atom. The van der Waals surface area contributed by atoms with Gasteiger partial charge in [-0.2, -0.15) is 30.0 Å². The van der Waals surface area contributed by atoms with Crippen molar-refractivity contribution in [3.05, 3.63) is 217 Å². The predicted molar refractivity (Wildman–Crippen MR) is 451 cm³/mol. The number of ether oxygens (including phenoxy) is 2. The zero-order valence-electron chi connectivity index (χ0n) is 66.4. The van der Waals surface area contributed by atoms with Gasteiger partial charge in [-0.3, -0.25) is 24.0 Å². The molecule has 6 heterocycles. The number of nitrogens with zero attached hydrogens (tertiary/aromatic N) is 8. The molecule has 4 aliphatic carbocycles. The number of aromatic nitrogens is 6. The molecule has 10 atom stereocenters. The molecule has 0 radical (unpaired) electrons. The number of aliphatic carboxylic acids is 1. The lowest BCUT2D eigenvalue weighted by Crippen LogP contribution is -2.58. The van der Waals surface area contributed by atoms with Crippen molar-refractivity contribution in [1.82, 2.24) is 66.4 Å². The van der Waals surface area contributed by atoms with Crippen LogP contribution in [0.1, 0.15) is 172 Å². The van der Waals surface area contributed by atoms with Crippen molar-refractivity contribution in [2.45, 2.75) is 221 Å². The van der Waals surface area contributed by atoms with Gasteiger partial charge >= 0.3 is 18.2 Å². The molecule has 0 spiro atoms. The number of hydrogen-bond donors (Lipinski definition) is 7. The third kappa shape index (κ3) is 20.8. The Labute approximate surface area is 690 Å². The van der Waals surface area contributed by atoms with E-state index < -0.39 is 83.2 Å². The quantitative estimate of drug-likeness (QED) is 0.0417. The Morgan fingerprint density at radius 2 is 0.805 bits per heavy atom. The van der Waals surface area contributed by atoms with Crippen LogP contribution in [0.15, 0.2) is 206 Å². The van der Waals surface area contributed by atoms with E-state index in [-0.39, 0.29) is 75.6 Å². The van der Waals surface area contributed by atoms with Crippen molar-refractivity contribution in [2.24, 2.45) is 17.6 Å². The lowest BCUT2D eigenvalue weighted by atomic mass is 10.0. The summed E-state index contributed by atoms with van der Waals surface area (Å²) in [5.74, 6) is -3.54. The largest absolute Gasteiger partial charge is 0.479 e. The molecule has 118 heavy (non-hydrogen) atoms. The highest BCUT2D eigenvalue weighted by Gasteiger charge is 2.63. The molecule has 25 nitrogen and oxygen atoms in total. The summed E-state index contributed by atoms with van der Waals surface area (Å²) in [4.78, 5) is 117. The topological polar surface area (TPSA) is 329 Å². The van der Waals surface area contributed by atoms with Crippen LogP contribution in [-0.4, -0.2) is 166 Å². The minimum absolute atomic E-state index is 0. The molecule has 2 unspecified atom stereocenters. The van der Waals surface area contributed by atoms with Gasteiger partial charge in [0.15, 0.2) is 0 Å². The van der Waals surface area contributed by atoms with Crippen LogP contribution in [0.4, 0.5) is 9.59 Å². The summed E-state index contributed by atoms with van der Waals surface area (Å²) < 4.78 is 11.4. The second kappa shape index (κ2) is 40.0. The van der Waals surface area contributed by atoms with Crippen LogP contribution in [0, 0.1) is 11.8 Å². The van der Waals surface area contributed by atoms with E-state index >= 15 is 0 Å². The van der Waals surface area contributed by atoms with Crippen LogP contribution in [0.3, 0.4) is 0 Å². The molecule has 6 aromatic carbocycles. The number of nitrogens with two attached hydrogens (primary N) is 1. The van der Waals surface area contributed by atoms with E-state index in [2.05, 4.69) is 50.9 Å². The van der Waals surface area contributed by atoms with Crippen molar-refractivity contribution in [1.29, 1.82) is 0 Å². The number of nitrogens with one attached hydrogen (secondary N) is 5. The number of fused-ring (bicyclic) bond motifs is 4. The summed E-state index contributed by atoms with van der Waals surface area (Å²) >= 11 is 0. The fraction of sp³-hybridized carbons (Fsp3) is 0.441. The molecule has 8 aliphatic rings. The molecule has 2 aromatic heterocycles. The number of benzene rings is 6. The van der Waals surface area contributed by atoms with Crippen LogP contribution in [0.25, 0.3) is 45.0 Å². The molecule has 4 aliphatic heterocycles. The average molecular weight is 1600 g/mol. The smallest absolute Gasteiger partial charge is 0.408 e. The molecule has 25 heteroatoms. The molecule has 620 valence electrons. The number of rotatable bonds is 17. The van der Waals surface area contributed by atoms with Crippen molar-refractivity contribution in [3.8, 4) is 45.0 Å². The highest BCUT2D eigenvalue weighted by molar-refractivity contribution is 5.99. The summed E-state index contributed by atoms with van der Waals surface area (Å²) in [5.41, 5.74) is 11.5. The molecule has 16 rings (SSSR count). The predicted octanol–water partition coefficient (Wildman–Crippen LogP) is 13.6. The van der Waals surface area contributed by atoms with Gasteiger partial charge in [-0.1, -0.05) is 239 Å². The molecule has 6 fully saturated rings. The van der Waals surface area contributed by atoms with Gasteiger partial charge in [0.25, 0.3) is 0 Å². The Hall–Kier alpha value is -11.6. The molecule has 8 N–H and O–H groups in total. The van der Waals surface area contributed by atoms with Crippen LogP contribution < -0.4 is 32.3 Å². The SMILES string of the molecule is C.NCCc1ccccc1.O=C(N[C@H]1CCCCC/C=C\C2C[C@@]2(C(=O)NCCc2ccccc2)NC(=O)[C@@H]2C[C@@H](n3nc(-c4ccccc4)c(-c4ccccc4)n3)CN2C1=O)OC1CCCC1.O=C(N[C@H]1CCCCC/C=C\C2C[C@@]2(C(=O)O)NC(=O)[C@@H]2C[C@@H](n3nc(-c4ccccc4)c(-c4ccccc4)n3)CN2C1=O)OC1CCCC1. The Kier molecular flexibility index (Phi) is 28.6.